The van der Waals surface area contributed by atoms with E-state index in [9.17, 15) is 0 Å². The summed E-state index contributed by atoms with van der Waals surface area (Å²) >= 11 is 2.10. The minimum atomic E-state index is 0.362. The van der Waals surface area contributed by atoms with E-state index in [0.717, 1.165) is 3.57 Å². The molecule has 1 aromatic carbocycles. The fourth-order valence-corrected chi connectivity index (χ4v) is 1.28. The van der Waals surface area contributed by atoms with Gasteiger partial charge in [-0.05, 0) is 47.2 Å². The molecule has 0 bridgehead atoms. The lowest BCUT2D eigenvalue weighted by Gasteiger charge is -1.95. The van der Waals surface area contributed by atoms with Gasteiger partial charge in [-0.15, -0.1) is 0 Å². The highest BCUT2D eigenvalue weighted by Crippen LogP contribution is 2.19. The first-order valence-electron chi connectivity index (χ1n) is 2.65. The molecule has 0 unspecified atom stereocenters. The molecule has 1 N–H and O–H groups in total. The van der Waals surface area contributed by atoms with E-state index in [0.29, 0.717) is 5.75 Å². The first kappa shape index (κ1) is 6.86. The van der Waals surface area contributed by atoms with Crippen molar-refractivity contribution in [3.63, 3.8) is 0 Å². The fourth-order valence-electron chi connectivity index (χ4n) is 0.612. The molecule has 1 nitrogen and oxygen atoms in total. The Kier molecular flexibility index (Phi) is 1.95. The van der Waals surface area contributed by atoms with Gasteiger partial charge < -0.3 is 5.11 Å². The van der Waals surface area contributed by atoms with Crippen LogP contribution in [0.25, 0.3) is 0 Å². The summed E-state index contributed by atoms with van der Waals surface area (Å²) in [7, 11) is 0. The van der Waals surface area contributed by atoms with Crippen molar-refractivity contribution in [2.75, 3.05) is 0 Å². The molecule has 0 heterocycles. The van der Waals surface area contributed by atoms with Gasteiger partial charge >= 0.3 is 0 Å². The second-order valence-electron chi connectivity index (χ2n) is 1.95. The molecule has 48 valence electrons. The number of phenolic OH excluding ortho intramolecular Hbond substituents is 1. The smallest absolute Gasteiger partial charge is 0.128 e. The van der Waals surface area contributed by atoms with Crippen LogP contribution in [0, 0.1) is 10.5 Å². The first-order valence-corrected chi connectivity index (χ1v) is 3.73. The average Bonchev–Trinajstić information content (AvgIpc) is 1.80. The summed E-state index contributed by atoms with van der Waals surface area (Å²) in [6, 6.07) is 5.53. The molecule has 0 radical (unpaired) electrons. The SMILES string of the molecule is Cc1ccc(O)c([123I])c1. The normalized spacial score (nSPS) is 9.56. The standard InChI is InChI=1S/C7H7IO/c1-5-2-3-7(9)6(8)4-5/h2-4,9H,1H3/i8-4. The van der Waals surface area contributed by atoms with Crippen LogP contribution in [0.15, 0.2) is 18.2 Å². The Hall–Kier alpha value is -0.250. The molecule has 0 aromatic heterocycles. The predicted octanol–water partition coefficient (Wildman–Crippen LogP) is 2.31. The highest BCUT2D eigenvalue weighted by molar-refractivity contribution is 14.1. The number of halogens is 1. The summed E-state index contributed by atoms with van der Waals surface area (Å²) in [5.74, 6) is 0.362. The molecule has 0 aliphatic carbocycles. The summed E-state index contributed by atoms with van der Waals surface area (Å²) in [4.78, 5) is 0. The van der Waals surface area contributed by atoms with Gasteiger partial charge in [0.1, 0.15) is 5.75 Å². The van der Waals surface area contributed by atoms with Crippen LogP contribution < -0.4 is 0 Å². The number of rotatable bonds is 0. The highest BCUT2D eigenvalue weighted by Gasteiger charge is 1.93. The Bertz CT molecular complexity index is 220. The molecule has 2 heteroatoms. The maximum atomic E-state index is 9.04. The van der Waals surface area contributed by atoms with Crippen molar-refractivity contribution in [2.45, 2.75) is 6.92 Å². The van der Waals surface area contributed by atoms with Gasteiger partial charge in [0.05, 0.1) is 3.57 Å². The van der Waals surface area contributed by atoms with Crippen LogP contribution in [0.3, 0.4) is 0 Å². The predicted molar refractivity (Wildman–Crippen MR) is 45.6 cm³/mol. The summed E-state index contributed by atoms with van der Waals surface area (Å²) in [6.07, 6.45) is 0. The number of phenols is 1. The zero-order chi connectivity index (χ0) is 6.85. The molecule has 0 fully saturated rings. The van der Waals surface area contributed by atoms with Crippen molar-refractivity contribution < 1.29 is 5.11 Å². The Labute approximate surface area is 67.9 Å². The third-order valence-electron chi connectivity index (χ3n) is 1.10. The Morgan fingerprint density at radius 1 is 1.44 bits per heavy atom. The minimum Gasteiger partial charge on any atom is -0.507 e. The first-order chi connectivity index (χ1) is 4.20. The number of aryl methyl sites for hydroxylation is 1. The van der Waals surface area contributed by atoms with Crippen molar-refractivity contribution in [1.29, 1.82) is 0 Å². The van der Waals surface area contributed by atoms with Crippen molar-refractivity contribution in [1.82, 2.24) is 0 Å². The van der Waals surface area contributed by atoms with E-state index in [-0.39, 0.29) is 0 Å². The zero-order valence-electron chi connectivity index (χ0n) is 5.06. The summed E-state index contributed by atoms with van der Waals surface area (Å²) in [5, 5.41) is 9.04. The van der Waals surface area contributed by atoms with Crippen LogP contribution in [0.2, 0.25) is 0 Å². The van der Waals surface area contributed by atoms with Crippen LogP contribution in [0.5, 0.6) is 5.75 Å². The number of hydrogen-bond donors (Lipinski definition) is 1. The van der Waals surface area contributed by atoms with Crippen molar-refractivity contribution in [3.05, 3.63) is 27.3 Å². The number of benzene rings is 1. The monoisotopic (exact) mass is 230 g/mol. The summed E-state index contributed by atoms with van der Waals surface area (Å²) in [6.45, 7) is 2.00. The van der Waals surface area contributed by atoms with E-state index < -0.39 is 0 Å². The van der Waals surface area contributed by atoms with E-state index in [2.05, 4.69) is 22.6 Å². The maximum absolute atomic E-state index is 9.04. The molecule has 0 spiro atoms. The zero-order valence-corrected chi connectivity index (χ0v) is 7.21. The quantitative estimate of drug-likeness (QED) is 0.678. The average molecular weight is 230 g/mol. The van der Waals surface area contributed by atoms with Crippen LogP contribution >= 0.6 is 22.6 Å². The Morgan fingerprint density at radius 2 is 2.11 bits per heavy atom. The van der Waals surface area contributed by atoms with Crippen molar-refractivity contribution in [2.24, 2.45) is 0 Å². The molecule has 0 atom stereocenters. The molecule has 9 heavy (non-hydrogen) atoms. The van der Waals surface area contributed by atoms with Gasteiger partial charge in [0.25, 0.3) is 0 Å². The van der Waals surface area contributed by atoms with Gasteiger partial charge in [0.2, 0.25) is 0 Å². The fraction of sp³-hybridized carbons (Fsp3) is 0.143. The van der Waals surface area contributed by atoms with Gasteiger partial charge in [-0.3, -0.25) is 0 Å². The number of hydrogen-bond acceptors (Lipinski definition) is 1. The van der Waals surface area contributed by atoms with E-state index in [1.807, 2.05) is 19.1 Å². The molecule has 1 rings (SSSR count). The van der Waals surface area contributed by atoms with Crippen LogP contribution in [0.4, 0.5) is 0 Å². The van der Waals surface area contributed by atoms with Crippen molar-refractivity contribution in [3.8, 4) is 5.75 Å². The lowest BCUT2D eigenvalue weighted by Crippen LogP contribution is -1.74. The molecule has 0 aliphatic heterocycles. The molecular weight excluding hydrogens is 223 g/mol. The topological polar surface area (TPSA) is 20.2 Å². The molecule has 1 aromatic rings. The maximum Gasteiger partial charge on any atom is 0.128 e. The van der Waals surface area contributed by atoms with Crippen LogP contribution in [-0.4, -0.2) is 5.11 Å². The minimum absolute atomic E-state index is 0.362. The van der Waals surface area contributed by atoms with E-state index in [1.54, 1.807) is 6.07 Å². The van der Waals surface area contributed by atoms with Gasteiger partial charge in [-0.1, -0.05) is 6.07 Å². The molecule has 0 saturated carbocycles. The molecular formula is C7H7IO. The van der Waals surface area contributed by atoms with Gasteiger partial charge in [-0.25, -0.2) is 0 Å². The van der Waals surface area contributed by atoms with Gasteiger partial charge in [0.15, 0.2) is 0 Å². The van der Waals surface area contributed by atoms with Gasteiger partial charge in [0, 0.05) is 0 Å². The second kappa shape index (κ2) is 2.56. The molecule has 0 aliphatic rings. The van der Waals surface area contributed by atoms with E-state index >= 15 is 0 Å². The number of aromatic hydroxyl groups is 1. The van der Waals surface area contributed by atoms with Crippen LogP contribution in [-0.2, 0) is 0 Å². The van der Waals surface area contributed by atoms with E-state index in [1.165, 1.54) is 5.56 Å². The lowest BCUT2D eigenvalue weighted by atomic mass is 10.2. The third kappa shape index (κ3) is 1.58. The summed E-state index contributed by atoms with van der Waals surface area (Å²) < 4.78 is 0.910. The van der Waals surface area contributed by atoms with Crippen LogP contribution in [0.1, 0.15) is 5.56 Å². The third-order valence-corrected chi connectivity index (χ3v) is 1.97. The van der Waals surface area contributed by atoms with Crippen molar-refractivity contribution >= 4 is 22.6 Å². The largest absolute Gasteiger partial charge is 0.507 e. The second-order valence-corrected chi connectivity index (χ2v) is 3.12. The lowest BCUT2D eigenvalue weighted by molar-refractivity contribution is 0.471. The molecule has 0 amide bonds. The summed E-state index contributed by atoms with van der Waals surface area (Å²) in [5.41, 5.74) is 1.18. The van der Waals surface area contributed by atoms with Gasteiger partial charge in [-0.2, -0.15) is 0 Å². The Balaban J connectivity index is 3.17. The van der Waals surface area contributed by atoms with E-state index in [4.69, 9.17) is 5.11 Å². The molecule has 0 saturated heterocycles. The highest BCUT2D eigenvalue weighted by atomic mass is 123. The Morgan fingerprint density at radius 3 is 2.56 bits per heavy atom.